The number of nitrogens with zero attached hydrogens (tertiary/aromatic N) is 5. The molecule has 0 unspecified atom stereocenters. The van der Waals surface area contributed by atoms with E-state index >= 15 is 0 Å². The molecule has 1 fully saturated rings. The van der Waals surface area contributed by atoms with Crippen LogP contribution in [0.15, 0.2) is 42.7 Å². The number of hydrogen-bond donors (Lipinski definition) is 2. The van der Waals surface area contributed by atoms with Gasteiger partial charge >= 0.3 is 0 Å². The number of aliphatic hydroxyl groups is 1. The number of nitrogens with one attached hydrogen (secondary N) is 1. The largest absolute Gasteiger partial charge is 0.489 e. The summed E-state index contributed by atoms with van der Waals surface area (Å²) in [5.74, 6) is 2.80. The van der Waals surface area contributed by atoms with Crippen LogP contribution in [0.25, 0.3) is 16.6 Å². The minimum absolute atomic E-state index is 0.117. The van der Waals surface area contributed by atoms with Gasteiger partial charge in [0.1, 0.15) is 24.0 Å². The molecule has 9 nitrogen and oxygen atoms in total. The van der Waals surface area contributed by atoms with Crippen LogP contribution in [0.2, 0.25) is 0 Å². The fraction of sp³-hybridized carbons (Fsp3) is 0.333. The first kappa shape index (κ1) is 21.3. The van der Waals surface area contributed by atoms with Crippen molar-refractivity contribution < 1.29 is 14.6 Å². The normalized spacial score (nSPS) is 18.1. The van der Waals surface area contributed by atoms with Crippen molar-refractivity contribution in [3.8, 4) is 16.9 Å². The first-order valence-corrected chi connectivity index (χ1v) is 10.9. The zero-order valence-electron chi connectivity index (χ0n) is 18.8. The van der Waals surface area contributed by atoms with E-state index in [0.717, 1.165) is 28.0 Å². The molecule has 33 heavy (non-hydrogen) atoms. The van der Waals surface area contributed by atoms with Crippen LogP contribution >= 0.6 is 0 Å². The zero-order chi connectivity index (χ0) is 22.9. The van der Waals surface area contributed by atoms with Crippen LogP contribution in [0.4, 0.5) is 11.6 Å². The van der Waals surface area contributed by atoms with Crippen molar-refractivity contribution in [2.75, 3.05) is 18.5 Å². The summed E-state index contributed by atoms with van der Waals surface area (Å²) in [6.45, 7) is 6.48. The number of hydrogen-bond acceptors (Lipinski definition) is 8. The molecular weight excluding hydrogens is 420 g/mol. The van der Waals surface area contributed by atoms with E-state index in [1.54, 1.807) is 6.20 Å². The maximum atomic E-state index is 9.68. The lowest BCUT2D eigenvalue weighted by Gasteiger charge is -2.15. The Labute approximate surface area is 191 Å². The summed E-state index contributed by atoms with van der Waals surface area (Å²) in [7, 11) is 0. The molecule has 0 radical (unpaired) electrons. The Bertz CT molecular complexity index is 1280. The number of aliphatic hydroxyl groups excluding tert-OH is 1. The first-order valence-electron chi connectivity index (χ1n) is 10.9. The Morgan fingerprint density at radius 1 is 1.12 bits per heavy atom. The van der Waals surface area contributed by atoms with Gasteiger partial charge in [-0.05, 0) is 44.5 Å². The number of aryl methyl sites for hydroxylation is 3. The van der Waals surface area contributed by atoms with Gasteiger partial charge in [0.25, 0.3) is 0 Å². The van der Waals surface area contributed by atoms with Gasteiger partial charge in [-0.2, -0.15) is 5.10 Å². The smallest absolute Gasteiger partial charge is 0.154 e. The molecule has 2 N–H and O–H groups in total. The highest BCUT2D eigenvalue weighted by Crippen LogP contribution is 2.32. The summed E-state index contributed by atoms with van der Waals surface area (Å²) >= 11 is 0. The van der Waals surface area contributed by atoms with Crippen LogP contribution in [-0.2, 0) is 4.74 Å². The molecule has 5 heterocycles. The van der Waals surface area contributed by atoms with Crippen LogP contribution in [-0.4, -0.2) is 55.1 Å². The highest BCUT2D eigenvalue weighted by Gasteiger charge is 2.24. The molecule has 0 saturated carbocycles. The zero-order valence-corrected chi connectivity index (χ0v) is 18.8. The third-order valence-electron chi connectivity index (χ3n) is 5.48. The Kier molecular flexibility index (Phi) is 5.65. The quantitative estimate of drug-likeness (QED) is 0.464. The monoisotopic (exact) mass is 446 g/mol. The summed E-state index contributed by atoms with van der Waals surface area (Å²) in [6, 6.07) is 9.93. The summed E-state index contributed by atoms with van der Waals surface area (Å²) in [4.78, 5) is 13.1. The second kappa shape index (κ2) is 8.76. The topological polar surface area (TPSA) is 107 Å². The van der Waals surface area contributed by atoms with Crippen molar-refractivity contribution >= 4 is 17.2 Å². The Balaban J connectivity index is 1.41. The highest BCUT2D eigenvalue weighted by molar-refractivity contribution is 5.75. The van der Waals surface area contributed by atoms with Gasteiger partial charge in [-0.25, -0.2) is 14.5 Å². The van der Waals surface area contributed by atoms with Crippen molar-refractivity contribution in [1.82, 2.24) is 24.6 Å². The fourth-order valence-electron chi connectivity index (χ4n) is 4.01. The first-order chi connectivity index (χ1) is 15.9. The maximum absolute atomic E-state index is 9.68. The predicted molar refractivity (Wildman–Crippen MR) is 124 cm³/mol. The van der Waals surface area contributed by atoms with Crippen molar-refractivity contribution in [3.63, 3.8) is 0 Å². The third kappa shape index (κ3) is 4.79. The molecule has 0 aliphatic carbocycles. The van der Waals surface area contributed by atoms with Crippen molar-refractivity contribution in [1.29, 1.82) is 0 Å². The molecular formula is C24H26N6O3. The molecule has 4 aromatic rings. The van der Waals surface area contributed by atoms with Crippen molar-refractivity contribution in [3.05, 3.63) is 59.9 Å². The van der Waals surface area contributed by atoms with Gasteiger partial charge < -0.3 is 19.9 Å². The van der Waals surface area contributed by atoms with Crippen LogP contribution in [0, 0.1) is 20.8 Å². The van der Waals surface area contributed by atoms with Gasteiger partial charge in [-0.15, -0.1) is 0 Å². The lowest BCUT2D eigenvalue weighted by Crippen LogP contribution is -2.17. The van der Waals surface area contributed by atoms with Gasteiger partial charge in [-0.3, -0.25) is 4.98 Å². The van der Waals surface area contributed by atoms with Gasteiger partial charge in [0.05, 0.1) is 30.5 Å². The maximum Gasteiger partial charge on any atom is 0.154 e. The second-order valence-corrected chi connectivity index (χ2v) is 8.36. The molecule has 2 atom stereocenters. The van der Waals surface area contributed by atoms with E-state index in [4.69, 9.17) is 9.47 Å². The average molecular weight is 447 g/mol. The van der Waals surface area contributed by atoms with Gasteiger partial charge in [0.2, 0.25) is 0 Å². The van der Waals surface area contributed by atoms with Gasteiger partial charge in [0.15, 0.2) is 5.82 Å². The van der Waals surface area contributed by atoms with Crippen molar-refractivity contribution in [2.24, 2.45) is 0 Å². The number of ether oxygens (including phenoxy) is 2. The van der Waals surface area contributed by atoms with E-state index in [2.05, 4.69) is 31.4 Å². The molecule has 1 aliphatic heterocycles. The molecule has 4 aromatic heterocycles. The summed E-state index contributed by atoms with van der Waals surface area (Å²) in [6.07, 6.45) is 3.70. The number of pyridine rings is 2. The van der Waals surface area contributed by atoms with Gasteiger partial charge in [-0.1, -0.05) is 0 Å². The van der Waals surface area contributed by atoms with Gasteiger partial charge in [0, 0.05) is 41.7 Å². The standard InChI is InChI=1S/C24H26N6O3/c1-14-6-21(22(11-25-14)33-13-20-10-19(31)12-32-20)17-4-5-30-18(8-17)9-24(29-30)28-23-7-15(2)26-16(3)27-23/h4-9,11,19-20,31H,10,12-13H2,1-3H3,(H,26,27,28,29)/t19-,20-/m1/s1. The molecule has 9 heteroatoms. The second-order valence-electron chi connectivity index (χ2n) is 8.36. The number of fused-ring (bicyclic) bond motifs is 1. The summed E-state index contributed by atoms with van der Waals surface area (Å²) in [5.41, 5.74) is 4.67. The van der Waals surface area contributed by atoms with Crippen molar-refractivity contribution in [2.45, 2.75) is 39.4 Å². The van der Waals surface area contributed by atoms with E-state index in [-0.39, 0.29) is 6.10 Å². The SMILES string of the molecule is Cc1cc(-c2ccn3nc(Nc4cc(C)nc(C)n4)cc3c2)c(OC[C@H]2C[C@@H](O)CO2)cn1. The average Bonchev–Trinajstić information content (AvgIpc) is 3.36. The van der Waals surface area contributed by atoms with Crippen LogP contribution < -0.4 is 10.1 Å². The number of anilines is 2. The Morgan fingerprint density at radius 2 is 2.00 bits per heavy atom. The molecule has 5 rings (SSSR count). The third-order valence-corrected chi connectivity index (χ3v) is 5.48. The minimum Gasteiger partial charge on any atom is -0.489 e. The lowest BCUT2D eigenvalue weighted by molar-refractivity contribution is 0.0588. The van der Waals surface area contributed by atoms with E-state index in [9.17, 15) is 5.11 Å². The molecule has 0 spiro atoms. The Morgan fingerprint density at radius 3 is 2.79 bits per heavy atom. The van der Waals surface area contributed by atoms with E-state index in [1.807, 2.05) is 55.7 Å². The number of aromatic nitrogens is 5. The molecule has 0 aromatic carbocycles. The fourth-order valence-corrected chi connectivity index (χ4v) is 4.01. The van der Waals surface area contributed by atoms with Crippen LogP contribution in [0.3, 0.4) is 0 Å². The molecule has 1 saturated heterocycles. The van der Waals surface area contributed by atoms with E-state index < -0.39 is 6.10 Å². The van der Waals surface area contributed by atoms with E-state index in [1.165, 1.54) is 0 Å². The Hall–Kier alpha value is -3.56. The molecule has 1 aliphatic rings. The molecule has 0 amide bonds. The lowest BCUT2D eigenvalue weighted by atomic mass is 10.1. The predicted octanol–water partition coefficient (Wildman–Crippen LogP) is 3.38. The van der Waals surface area contributed by atoms with E-state index in [0.29, 0.717) is 42.8 Å². The number of rotatable bonds is 6. The molecule has 0 bridgehead atoms. The highest BCUT2D eigenvalue weighted by atomic mass is 16.5. The summed E-state index contributed by atoms with van der Waals surface area (Å²) in [5, 5.41) is 17.5. The molecule has 170 valence electrons. The van der Waals surface area contributed by atoms with Crippen LogP contribution in [0.5, 0.6) is 5.75 Å². The van der Waals surface area contributed by atoms with Crippen LogP contribution in [0.1, 0.15) is 23.6 Å². The summed E-state index contributed by atoms with van der Waals surface area (Å²) < 4.78 is 13.4. The minimum atomic E-state index is -0.420.